The van der Waals surface area contributed by atoms with Gasteiger partial charge in [-0.1, -0.05) is 63.3 Å². The number of methoxy groups -OCH3 is 1. The van der Waals surface area contributed by atoms with Gasteiger partial charge in [-0.2, -0.15) is 0 Å². The van der Waals surface area contributed by atoms with Gasteiger partial charge in [-0.05, 0) is 18.1 Å². The van der Waals surface area contributed by atoms with Crippen LogP contribution in [0.4, 0.5) is 0 Å². The van der Waals surface area contributed by atoms with Gasteiger partial charge in [0.15, 0.2) is 14.6 Å². The summed E-state index contributed by atoms with van der Waals surface area (Å²) in [6, 6.07) is 9.61. The smallest absolute Gasteiger partial charge is 0.317 e. The summed E-state index contributed by atoms with van der Waals surface area (Å²) >= 11 is 0. The van der Waals surface area contributed by atoms with E-state index in [1.807, 2.05) is 42.5 Å². The largest absolute Gasteiger partial charge is 0.468 e. The monoisotopic (exact) mass is 500 g/mol. The molecular weight excluding hydrogens is 464 g/mol. The Balaban J connectivity index is 1.60. The molecule has 1 aromatic rings. The first-order valence-corrected chi connectivity index (χ1v) is 15.3. The quantitative estimate of drug-likeness (QED) is 0.260. The molecule has 3 fully saturated rings. The Labute approximate surface area is 208 Å². The Bertz CT molecular complexity index is 1020. The highest BCUT2D eigenvalue weighted by atomic mass is 28.4. The number of benzene rings is 1. The molecule has 1 saturated carbocycles. The summed E-state index contributed by atoms with van der Waals surface area (Å²) in [4.78, 5) is 26.5. The van der Waals surface area contributed by atoms with Crippen molar-refractivity contribution in [1.82, 2.24) is 0 Å². The molecule has 5 rings (SSSR count). The Morgan fingerprint density at radius 2 is 1.83 bits per heavy atom. The lowest BCUT2D eigenvalue weighted by Gasteiger charge is -2.59. The fraction of sp³-hybridized carbons (Fsp3) is 0.630. The number of aldehydes is 1. The summed E-state index contributed by atoms with van der Waals surface area (Å²) in [6.45, 7) is 11.1. The van der Waals surface area contributed by atoms with Crippen LogP contribution in [0.5, 0.6) is 0 Å². The van der Waals surface area contributed by atoms with E-state index in [1.165, 1.54) is 7.11 Å². The molecule has 0 radical (unpaired) electrons. The summed E-state index contributed by atoms with van der Waals surface area (Å²) in [6.07, 6.45) is 2.72. The van der Waals surface area contributed by atoms with E-state index in [0.29, 0.717) is 6.42 Å². The van der Waals surface area contributed by atoms with E-state index in [-0.39, 0.29) is 17.7 Å². The SMILES string of the molecule is COC(=O)[C@]12CO[C@@H]3[C@@H]1[C@@](C=O)(C=C[C@H]3O[Si](C)(C)C(C)(C)C)[C@@H]1C[C@H]2O[C@H](c2ccccc2)O1. The highest BCUT2D eigenvalue weighted by Gasteiger charge is 2.75. The molecule has 190 valence electrons. The highest BCUT2D eigenvalue weighted by Crippen LogP contribution is 2.64. The zero-order valence-corrected chi connectivity index (χ0v) is 22.4. The van der Waals surface area contributed by atoms with Gasteiger partial charge < -0.3 is 28.2 Å². The summed E-state index contributed by atoms with van der Waals surface area (Å²) in [5, 5.41) is -0.00369. The number of fused-ring (bicyclic) bond motifs is 4. The van der Waals surface area contributed by atoms with E-state index in [9.17, 15) is 9.59 Å². The lowest BCUT2D eigenvalue weighted by atomic mass is 9.50. The van der Waals surface area contributed by atoms with Crippen molar-refractivity contribution in [2.24, 2.45) is 16.7 Å². The van der Waals surface area contributed by atoms with Crippen molar-refractivity contribution >= 4 is 20.6 Å². The Morgan fingerprint density at radius 3 is 2.46 bits per heavy atom. The van der Waals surface area contributed by atoms with Crippen LogP contribution >= 0.6 is 0 Å². The van der Waals surface area contributed by atoms with Crippen molar-refractivity contribution in [3.8, 4) is 0 Å². The second-order valence-corrected chi connectivity index (χ2v) is 16.6. The van der Waals surface area contributed by atoms with Crippen LogP contribution in [0, 0.1) is 16.7 Å². The summed E-state index contributed by atoms with van der Waals surface area (Å²) < 4.78 is 31.4. The van der Waals surface area contributed by atoms with E-state index in [0.717, 1.165) is 11.8 Å². The lowest BCUT2D eigenvalue weighted by Crippen LogP contribution is -2.69. The number of esters is 1. The number of carbonyl (C=O) groups is 2. The van der Waals surface area contributed by atoms with Crippen molar-refractivity contribution in [2.75, 3.05) is 13.7 Å². The molecule has 35 heavy (non-hydrogen) atoms. The van der Waals surface area contributed by atoms with Crippen molar-refractivity contribution in [3.63, 3.8) is 0 Å². The van der Waals surface area contributed by atoms with Crippen LogP contribution in [0.2, 0.25) is 18.1 Å². The van der Waals surface area contributed by atoms with Crippen LogP contribution < -0.4 is 0 Å². The lowest BCUT2D eigenvalue weighted by molar-refractivity contribution is -0.318. The van der Waals surface area contributed by atoms with Gasteiger partial charge in [0.2, 0.25) is 0 Å². The van der Waals surface area contributed by atoms with E-state index in [1.54, 1.807) is 0 Å². The molecule has 8 heteroatoms. The molecule has 2 saturated heterocycles. The van der Waals surface area contributed by atoms with E-state index < -0.39 is 55.6 Å². The summed E-state index contributed by atoms with van der Waals surface area (Å²) in [5.41, 5.74) is -1.33. The molecule has 0 N–H and O–H groups in total. The zero-order chi connectivity index (χ0) is 25.2. The van der Waals surface area contributed by atoms with Crippen LogP contribution in [-0.4, -0.2) is 58.7 Å². The molecular formula is C27H36O7Si. The molecule has 0 amide bonds. The van der Waals surface area contributed by atoms with Gasteiger partial charge in [0.05, 0.1) is 43.5 Å². The normalized spacial score (nSPS) is 40.2. The molecule has 4 aliphatic rings. The van der Waals surface area contributed by atoms with Crippen molar-refractivity contribution in [2.45, 2.75) is 76.0 Å². The average molecular weight is 501 g/mol. The maximum atomic E-state index is 13.6. The van der Waals surface area contributed by atoms with Gasteiger partial charge in [-0.25, -0.2) is 0 Å². The number of hydrogen-bond acceptors (Lipinski definition) is 7. The molecule has 0 aromatic heterocycles. The first kappa shape index (κ1) is 24.8. The van der Waals surface area contributed by atoms with Crippen LogP contribution in [0.1, 0.15) is 39.0 Å². The first-order valence-electron chi connectivity index (χ1n) is 12.4. The highest BCUT2D eigenvalue weighted by molar-refractivity contribution is 6.74. The second kappa shape index (κ2) is 8.35. The van der Waals surface area contributed by atoms with E-state index in [2.05, 4.69) is 33.9 Å². The van der Waals surface area contributed by atoms with Crippen molar-refractivity contribution < 1.29 is 33.0 Å². The molecule has 2 aliphatic heterocycles. The van der Waals surface area contributed by atoms with Gasteiger partial charge >= 0.3 is 5.97 Å². The van der Waals surface area contributed by atoms with E-state index >= 15 is 0 Å². The summed E-state index contributed by atoms with van der Waals surface area (Å²) in [5.74, 6) is -0.921. The van der Waals surface area contributed by atoms with Gasteiger partial charge in [0, 0.05) is 17.9 Å². The van der Waals surface area contributed by atoms with Crippen LogP contribution in [0.3, 0.4) is 0 Å². The standard InChI is InChI=1S/C27H36O7Si/c1-25(2,3)35(5,6)34-18-12-13-26(15-28)19-14-20(33-23(32-19)17-10-8-7-9-11-17)27(24(29)30-4)16-31-21(18)22(26)27/h7-13,15,18-23H,14,16H2,1-6H3/t18-,19+,20-,21+,22-,23-,26-,27+/m1/s1. The molecule has 2 heterocycles. The predicted octanol–water partition coefficient (Wildman–Crippen LogP) is 4.19. The van der Waals surface area contributed by atoms with Crippen molar-refractivity contribution in [1.29, 1.82) is 0 Å². The van der Waals surface area contributed by atoms with E-state index in [4.69, 9.17) is 23.4 Å². The third kappa shape index (κ3) is 3.52. The molecule has 7 nitrogen and oxygen atoms in total. The van der Waals surface area contributed by atoms with Crippen LogP contribution in [0.15, 0.2) is 42.5 Å². The van der Waals surface area contributed by atoms with Crippen molar-refractivity contribution in [3.05, 3.63) is 48.0 Å². The average Bonchev–Trinajstić information content (AvgIpc) is 3.26. The van der Waals surface area contributed by atoms with Gasteiger partial charge in [0.25, 0.3) is 0 Å². The minimum Gasteiger partial charge on any atom is -0.468 e. The number of ether oxygens (including phenoxy) is 4. The first-order chi connectivity index (χ1) is 16.5. The fourth-order valence-electron chi connectivity index (χ4n) is 6.18. The molecule has 0 unspecified atom stereocenters. The molecule has 2 bridgehead atoms. The van der Waals surface area contributed by atoms with Crippen LogP contribution in [-0.2, 0) is 33.0 Å². The van der Waals surface area contributed by atoms with Crippen LogP contribution in [0.25, 0.3) is 0 Å². The minimum absolute atomic E-state index is 0.00369. The topological polar surface area (TPSA) is 80.3 Å². The molecule has 1 aromatic carbocycles. The zero-order valence-electron chi connectivity index (χ0n) is 21.4. The Hall–Kier alpha value is -1.84. The molecule has 0 spiro atoms. The molecule has 8 atom stereocenters. The number of hydrogen-bond donors (Lipinski definition) is 0. The maximum Gasteiger partial charge on any atom is 0.317 e. The maximum absolute atomic E-state index is 13.6. The number of rotatable bonds is 5. The minimum atomic E-state index is -2.16. The van der Waals surface area contributed by atoms with Gasteiger partial charge in [-0.3, -0.25) is 4.79 Å². The molecule has 2 aliphatic carbocycles. The Kier molecular flexibility index (Phi) is 5.92. The predicted molar refractivity (Wildman–Crippen MR) is 131 cm³/mol. The Morgan fingerprint density at radius 1 is 1.14 bits per heavy atom. The van der Waals surface area contributed by atoms with Gasteiger partial charge in [0.1, 0.15) is 11.7 Å². The second-order valence-electron chi connectivity index (χ2n) is 11.8. The summed E-state index contributed by atoms with van der Waals surface area (Å²) in [7, 11) is -0.780. The number of carbonyl (C=O) groups excluding carboxylic acids is 2. The third-order valence-corrected chi connectivity index (χ3v) is 13.5. The third-order valence-electron chi connectivity index (χ3n) is 9.05. The fourth-order valence-corrected chi connectivity index (χ4v) is 7.43. The van der Waals surface area contributed by atoms with Gasteiger partial charge in [-0.15, -0.1) is 0 Å².